The van der Waals surface area contributed by atoms with Gasteiger partial charge in [-0.1, -0.05) is 6.07 Å². The van der Waals surface area contributed by atoms with Gasteiger partial charge in [0.2, 0.25) is 0 Å². The van der Waals surface area contributed by atoms with Gasteiger partial charge in [-0.15, -0.1) is 0 Å². The first-order valence-electron chi connectivity index (χ1n) is 12.1. The molecule has 0 bridgehead atoms. The Morgan fingerprint density at radius 1 is 1.26 bits per heavy atom. The molecule has 0 radical (unpaired) electrons. The van der Waals surface area contributed by atoms with Crippen molar-refractivity contribution in [1.82, 2.24) is 20.3 Å². The van der Waals surface area contributed by atoms with Crippen molar-refractivity contribution in [2.75, 3.05) is 0 Å². The molecule has 196 valence electrons. The van der Waals surface area contributed by atoms with E-state index >= 15 is 0 Å². The number of pyridine rings is 3. The van der Waals surface area contributed by atoms with Crippen molar-refractivity contribution in [3.63, 3.8) is 0 Å². The van der Waals surface area contributed by atoms with Gasteiger partial charge in [0.1, 0.15) is 11.5 Å². The SMILES string of the molecule is Cc1c(F)cc2nc(-c3cc(C(C)O)c(CO)c(=O)[nH]3)c(C)c3c2c1CCC3NC(=O)c1ccccn1.[W]. The first kappa shape index (κ1) is 27.8. The monoisotopic (exact) mass is 686 g/mol. The summed E-state index contributed by atoms with van der Waals surface area (Å²) in [4.78, 5) is 37.4. The normalized spacial score (nSPS) is 15.2. The predicted octanol–water partition coefficient (Wildman–Crippen LogP) is 3.70. The van der Waals surface area contributed by atoms with Gasteiger partial charge in [-0.3, -0.25) is 14.6 Å². The molecular formula is C28H27FN4O4W. The fourth-order valence-corrected chi connectivity index (χ4v) is 5.28. The summed E-state index contributed by atoms with van der Waals surface area (Å²) < 4.78 is 14.9. The van der Waals surface area contributed by atoms with E-state index in [0.717, 1.165) is 22.1 Å². The molecule has 0 aliphatic heterocycles. The Hall–Kier alpha value is -3.26. The molecule has 10 heteroatoms. The van der Waals surface area contributed by atoms with Gasteiger partial charge < -0.3 is 20.5 Å². The summed E-state index contributed by atoms with van der Waals surface area (Å²) in [5, 5.41) is 23.8. The van der Waals surface area contributed by atoms with Crippen LogP contribution < -0.4 is 10.9 Å². The number of aromatic nitrogens is 3. The van der Waals surface area contributed by atoms with Gasteiger partial charge in [0.15, 0.2) is 0 Å². The average Bonchev–Trinajstić information content (AvgIpc) is 2.89. The van der Waals surface area contributed by atoms with Gasteiger partial charge in [-0.25, -0.2) is 9.37 Å². The fourth-order valence-electron chi connectivity index (χ4n) is 5.28. The Labute approximate surface area is 232 Å². The number of benzene rings is 1. The summed E-state index contributed by atoms with van der Waals surface area (Å²) in [7, 11) is 0. The minimum Gasteiger partial charge on any atom is -0.391 e. The average molecular weight is 686 g/mol. The maximum atomic E-state index is 14.9. The largest absolute Gasteiger partial charge is 0.391 e. The van der Waals surface area contributed by atoms with Crippen LogP contribution in [0, 0.1) is 19.7 Å². The molecular weight excluding hydrogens is 659 g/mol. The number of rotatable bonds is 5. The molecule has 2 atom stereocenters. The minimum absolute atomic E-state index is 0. The number of aliphatic hydroxyl groups is 2. The number of amides is 1. The van der Waals surface area contributed by atoms with Crippen molar-refractivity contribution in [3.8, 4) is 11.4 Å². The summed E-state index contributed by atoms with van der Waals surface area (Å²) in [5.74, 6) is -0.698. The van der Waals surface area contributed by atoms with Crippen LogP contribution in [0.3, 0.4) is 0 Å². The molecule has 38 heavy (non-hydrogen) atoms. The van der Waals surface area contributed by atoms with E-state index in [1.807, 2.05) is 6.92 Å². The zero-order chi connectivity index (χ0) is 26.4. The molecule has 8 nitrogen and oxygen atoms in total. The molecule has 0 spiro atoms. The zero-order valence-electron chi connectivity index (χ0n) is 21.1. The Morgan fingerprint density at radius 3 is 2.68 bits per heavy atom. The van der Waals surface area contributed by atoms with Gasteiger partial charge in [0.05, 0.1) is 35.7 Å². The number of hydrogen-bond donors (Lipinski definition) is 4. The van der Waals surface area contributed by atoms with Gasteiger partial charge in [0.25, 0.3) is 11.5 Å². The van der Waals surface area contributed by atoms with Crippen LogP contribution in [0.4, 0.5) is 4.39 Å². The molecule has 1 aromatic carbocycles. The van der Waals surface area contributed by atoms with Crippen LogP contribution in [-0.2, 0) is 34.1 Å². The van der Waals surface area contributed by atoms with E-state index in [0.29, 0.717) is 35.3 Å². The molecule has 1 amide bonds. The molecule has 0 saturated heterocycles. The van der Waals surface area contributed by atoms with Crippen LogP contribution in [0.5, 0.6) is 0 Å². The summed E-state index contributed by atoms with van der Waals surface area (Å²) in [6, 6.07) is 7.68. The van der Waals surface area contributed by atoms with E-state index in [9.17, 15) is 24.2 Å². The Morgan fingerprint density at radius 2 is 2.03 bits per heavy atom. The van der Waals surface area contributed by atoms with Crippen LogP contribution >= 0.6 is 0 Å². The van der Waals surface area contributed by atoms with Gasteiger partial charge in [0, 0.05) is 44.3 Å². The Bertz CT molecular complexity index is 1610. The smallest absolute Gasteiger partial charge is 0.270 e. The Balaban J connectivity index is 0.00000336. The zero-order valence-corrected chi connectivity index (χ0v) is 24.1. The number of halogens is 1. The van der Waals surface area contributed by atoms with E-state index in [1.165, 1.54) is 13.0 Å². The van der Waals surface area contributed by atoms with Gasteiger partial charge >= 0.3 is 0 Å². The molecule has 2 unspecified atom stereocenters. The van der Waals surface area contributed by atoms with E-state index < -0.39 is 24.3 Å². The number of hydrogen-bond acceptors (Lipinski definition) is 6. The maximum Gasteiger partial charge on any atom is 0.270 e. The number of nitrogens with one attached hydrogen (secondary N) is 2. The summed E-state index contributed by atoms with van der Waals surface area (Å²) in [5.41, 5.74) is 4.17. The number of aliphatic hydroxyl groups excluding tert-OH is 2. The molecule has 1 aliphatic rings. The second-order valence-electron chi connectivity index (χ2n) is 9.41. The van der Waals surface area contributed by atoms with Crippen LogP contribution in [0.2, 0.25) is 0 Å². The number of H-pyrrole nitrogens is 1. The number of aryl methyl sites for hydroxylation is 1. The van der Waals surface area contributed by atoms with E-state index in [-0.39, 0.29) is 49.6 Å². The topological polar surface area (TPSA) is 128 Å². The van der Waals surface area contributed by atoms with Crippen molar-refractivity contribution in [1.29, 1.82) is 0 Å². The molecule has 5 rings (SSSR count). The van der Waals surface area contributed by atoms with Crippen molar-refractivity contribution >= 4 is 16.8 Å². The molecule has 3 aromatic heterocycles. The van der Waals surface area contributed by atoms with Crippen LogP contribution in [-0.4, -0.2) is 31.1 Å². The summed E-state index contributed by atoms with van der Waals surface area (Å²) in [6.45, 7) is 4.57. The van der Waals surface area contributed by atoms with E-state index in [2.05, 4.69) is 15.3 Å². The number of aromatic amines is 1. The van der Waals surface area contributed by atoms with Crippen molar-refractivity contribution < 1.29 is 40.5 Å². The third-order valence-electron chi connectivity index (χ3n) is 7.16. The van der Waals surface area contributed by atoms with E-state index in [4.69, 9.17) is 4.98 Å². The third kappa shape index (κ3) is 4.70. The third-order valence-corrected chi connectivity index (χ3v) is 7.16. The van der Waals surface area contributed by atoms with Gasteiger partial charge in [-0.2, -0.15) is 0 Å². The number of carbonyl (C=O) groups excluding carboxylic acids is 1. The Kier molecular flexibility index (Phi) is 7.93. The fraction of sp³-hybridized carbons (Fsp3) is 0.286. The van der Waals surface area contributed by atoms with Crippen molar-refractivity contribution in [3.05, 3.63) is 91.8 Å². The van der Waals surface area contributed by atoms with E-state index in [1.54, 1.807) is 37.4 Å². The summed E-state index contributed by atoms with van der Waals surface area (Å²) in [6.07, 6.45) is 1.67. The second-order valence-corrected chi connectivity index (χ2v) is 9.41. The number of nitrogens with zero attached hydrogens (tertiary/aromatic N) is 2. The summed E-state index contributed by atoms with van der Waals surface area (Å²) >= 11 is 0. The van der Waals surface area contributed by atoms with Crippen LogP contribution in [0.15, 0.2) is 41.3 Å². The standard InChI is InChI=1S/C28H27FN4O4.W/c1-13-16-7-8-20(32-28(37)21-6-4-5-9-30-21)24-14(2)26(31-22(25(16)24)11-19(13)29)23-10-17(15(3)35)18(12-34)27(36)33-23;/h4-6,9-11,15,20,34-35H,7-8,12H2,1-3H3,(H,32,37)(H,33,36);. The van der Waals surface area contributed by atoms with Crippen LogP contribution in [0.1, 0.15) is 69.4 Å². The maximum absolute atomic E-state index is 14.9. The molecule has 4 N–H and O–H groups in total. The quantitative estimate of drug-likeness (QED) is 0.254. The first-order chi connectivity index (χ1) is 17.7. The van der Waals surface area contributed by atoms with Crippen molar-refractivity contribution in [2.45, 2.75) is 52.4 Å². The van der Waals surface area contributed by atoms with Crippen LogP contribution in [0.25, 0.3) is 22.3 Å². The number of carbonyl (C=O) groups is 1. The molecule has 0 fully saturated rings. The van der Waals surface area contributed by atoms with Gasteiger partial charge in [-0.05, 0) is 79.6 Å². The second kappa shape index (κ2) is 10.8. The molecule has 1 aliphatic carbocycles. The first-order valence-corrected chi connectivity index (χ1v) is 12.1. The van der Waals surface area contributed by atoms with Crippen molar-refractivity contribution in [2.24, 2.45) is 0 Å². The molecule has 4 aromatic rings. The molecule has 0 saturated carbocycles. The minimum atomic E-state index is -1.00. The predicted molar refractivity (Wildman–Crippen MR) is 137 cm³/mol. The molecule has 3 heterocycles.